The van der Waals surface area contributed by atoms with Gasteiger partial charge in [-0.1, -0.05) is 18.9 Å². The second kappa shape index (κ2) is 4.49. The van der Waals surface area contributed by atoms with Crippen molar-refractivity contribution in [3.8, 4) is 5.75 Å². The maximum atomic E-state index is 5.51. The van der Waals surface area contributed by atoms with Crippen molar-refractivity contribution < 1.29 is 4.74 Å². The summed E-state index contributed by atoms with van der Waals surface area (Å²) in [5, 5.41) is 0. The van der Waals surface area contributed by atoms with E-state index >= 15 is 0 Å². The zero-order valence-electron chi connectivity index (χ0n) is 12.7. The fourth-order valence-corrected chi connectivity index (χ4v) is 5.30. The van der Waals surface area contributed by atoms with Crippen molar-refractivity contribution in [3.05, 3.63) is 29.3 Å². The number of benzene rings is 1. The number of likely N-dealkylation sites (N-methyl/N-ethyl adjacent to an activating group) is 1. The lowest BCUT2D eigenvalue weighted by atomic mass is 9.52. The molecule has 2 aliphatic carbocycles. The van der Waals surface area contributed by atoms with Gasteiger partial charge in [0.1, 0.15) is 5.75 Å². The van der Waals surface area contributed by atoms with Crippen molar-refractivity contribution in [2.75, 3.05) is 20.7 Å². The van der Waals surface area contributed by atoms with Crippen LogP contribution in [0.3, 0.4) is 0 Å². The maximum Gasteiger partial charge on any atom is 0.119 e. The second-order valence-electron chi connectivity index (χ2n) is 7.03. The number of nitrogens with zero attached hydrogens (tertiary/aromatic N) is 1. The third kappa shape index (κ3) is 1.60. The van der Waals surface area contributed by atoms with Gasteiger partial charge in [0.25, 0.3) is 0 Å². The molecule has 2 nitrogen and oxygen atoms in total. The Labute approximate surface area is 122 Å². The molecule has 1 heterocycles. The monoisotopic (exact) mass is 271 g/mol. The highest BCUT2D eigenvalue weighted by molar-refractivity contribution is 5.45. The number of methoxy groups -OCH3 is 1. The molecule has 4 rings (SSSR count). The van der Waals surface area contributed by atoms with Gasteiger partial charge >= 0.3 is 0 Å². The molecule has 1 aromatic carbocycles. The largest absolute Gasteiger partial charge is 0.497 e. The normalized spacial score (nSPS) is 36.1. The summed E-state index contributed by atoms with van der Waals surface area (Å²) in [6.07, 6.45) is 8.22. The van der Waals surface area contributed by atoms with Crippen LogP contribution in [0.5, 0.6) is 5.75 Å². The van der Waals surface area contributed by atoms with Crippen LogP contribution in [-0.2, 0) is 11.8 Å². The fourth-order valence-electron chi connectivity index (χ4n) is 5.30. The molecule has 0 aromatic heterocycles. The van der Waals surface area contributed by atoms with Gasteiger partial charge in [0.15, 0.2) is 0 Å². The van der Waals surface area contributed by atoms with Gasteiger partial charge in [-0.05, 0) is 68.5 Å². The summed E-state index contributed by atoms with van der Waals surface area (Å²) >= 11 is 0. The molecule has 0 unspecified atom stereocenters. The number of hydrogen-bond donors (Lipinski definition) is 0. The number of ether oxygens (including phenoxy) is 1. The molecule has 0 radical (unpaired) electrons. The standard InChI is InChI=1S/C18H25NO/c1-19-10-9-18-8-4-3-5-15(18)17(19)11-13-6-7-14(20-2)12-16(13)18/h6-7,12,15,17H,3-5,8-11H2,1-2H3/t15-,17+,18-/m0/s1. The van der Waals surface area contributed by atoms with Gasteiger partial charge in [0.2, 0.25) is 0 Å². The highest BCUT2D eigenvalue weighted by atomic mass is 16.5. The Morgan fingerprint density at radius 3 is 3.00 bits per heavy atom. The Morgan fingerprint density at radius 2 is 2.15 bits per heavy atom. The first-order chi connectivity index (χ1) is 9.74. The number of rotatable bonds is 1. The molecule has 3 atom stereocenters. The van der Waals surface area contributed by atoms with E-state index in [9.17, 15) is 0 Å². The van der Waals surface area contributed by atoms with E-state index < -0.39 is 0 Å². The van der Waals surface area contributed by atoms with Crippen LogP contribution < -0.4 is 4.74 Å². The van der Waals surface area contributed by atoms with E-state index in [1.54, 1.807) is 18.2 Å². The summed E-state index contributed by atoms with van der Waals surface area (Å²) in [4.78, 5) is 2.63. The zero-order valence-corrected chi connectivity index (χ0v) is 12.7. The molecule has 2 heteroatoms. The highest BCUT2D eigenvalue weighted by Gasteiger charge is 2.53. The Hall–Kier alpha value is -1.02. The van der Waals surface area contributed by atoms with Gasteiger partial charge in [-0.2, -0.15) is 0 Å². The highest BCUT2D eigenvalue weighted by Crippen LogP contribution is 2.55. The molecule has 0 N–H and O–H groups in total. The van der Waals surface area contributed by atoms with E-state index in [0.29, 0.717) is 5.41 Å². The predicted octanol–water partition coefficient (Wildman–Crippen LogP) is 3.38. The minimum atomic E-state index is 0.456. The Bertz CT molecular complexity index is 526. The molecule has 1 aliphatic heterocycles. The van der Waals surface area contributed by atoms with E-state index in [2.05, 4.69) is 30.1 Å². The van der Waals surface area contributed by atoms with Crippen LogP contribution in [0.2, 0.25) is 0 Å². The first-order valence-electron chi connectivity index (χ1n) is 8.12. The molecule has 20 heavy (non-hydrogen) atoms. The second-order valence-corrected chi connectivity index (χ2v) is 7.03. The molecule has 108 valence electrons. The van der Waals surface area contributed by atoms with Crippen LogP contribution in [0.25, 0.3) is 0 Å². The lowest BCUT2D eigenvalue weighted by Crippen LogP contribution is -2.59. The minimum absolute atomic E-state index is 0.456. The number of piperidine rings is 1. The summed E-state index contributed by atoms with van der Waals surface area (Å²) in [5.41, 5.74) is 3.67. The van der Waals surface area contributed by atoms with Gasteiger partial charge in [-0.25, -0.2) is 0 Å². The van der Waals surface area contributed by atoms with E-state index in [0.717, 1.165) is 17.7 Å². The van der Waals surface area contributed by atoms with E-state index in [1.165, 1.54) is 45.1 Å². The molecule has 2 fully saturated rings. The fraction of sp³-hybridized carbons (Fsp3) is 0.667. The molecule has 0 amide bonds. The van der Waals surface area contributed by atoms with Crippen LogP contribution in [0.1, 0.15) is 43.2 Å². The lowest BCUT2D eigenvalue weighted by Gasteiger charge is -2.58. The van der Waals surface area contributed by atoms with Crippen LogP contribution in [0.4, 0.5) is 0 Å². The van der Waals surface area contributed by atoms with Crippen molar-refractivity contribution in [2.45, 2.75) is 50.0 Å². The average molecular weight is 271 g/mol. The van der Waals surface area contributed by atoms with E-state index in [1.807, 2.05) is 0 Å². The van der Waals surface area contributed by atoms with Crippen LogP contribution in [0.15, 0.2) is 18.2 Å². The van der Waals surface area contributed by atoms with Crippen LogP contribution >= 0.6 is 0 Å². The predicted molar refractivity (Wildman–Crippen MR) is 81.4 cm³/mol. The summed E-state index contributed by atoms with van der Waals surface area (Å²) in [7, 11) is 4.12. The van der Waals surface area contributed by atoms with Gasteiger partial charge in [-0.15, -0.1) is 0 Å². The van der Waals surface area contributed by atoms with Crippen molar-refractivity contribution in [1.82, 2.24) is 4.90 Å². The molecule has 0 spiro atoms. The van der Waals surface area contributed by atoms with E-state index in [4.69, 9.17) is 4.74 Å². The smallest absolute Gasteiger partial charge is 0.119 e. The minimum Gasteiger partial charge on any atom is -0.497 e. The van der Waals surface area contributed by atoms with Crippen LogP contribution in [-0.4, -0.2) is 31.6 Å². The summed E-state index contributed by atoms with van der Waals surface area (Å²) in [6.45, 7) is 1.26. The van der Waals surface area contributed by atoms with Gasteiger partial charge in [0, 0.05) is 11.5 Å². The number of hydrogen-bond acceptors (Lipinski definition) is 2. The van der Waals surface area contributed by atoms with Crippen molar-refractivity contribution in [3.63, 3.8) is 0 Å². The average Bonchev–Trinajstić information content (AvgIpc) is 2.50. The van der Waals surface area contributed by atoms with Crippen molar-refractivity contribution in [2.24, 2.45) is 5.92 Å². The molecule has 1 aromatic rings. The third-order valence-corrected chi connectivity index (χ3v) is 6.32. The molecular formula is C18H25NO. The van der Waals surface area contributed by atoms with Crippen molar-refractivity contribution >= 4 is 0 Å². The van der Waals surface area contributed by atoms with Crippen molar-refractivity contribution in [1.29, 1.82) is 0 Å². The quantitative estimate of drug-likeness (QED) is 0.776. The topological polar surface area (TPSA) is 12.5 Å². The number of likely N-dealkylation sites (tertiary alicyclic amines) is 1. The first-order valence-corrected chi connectivity index (χ1v) is 8.12. The number of fused-ring (bicyclic) bond motifs is 1. The Kier molecular flexibility index (Phi) is 2.85. The molecule has 3 aliphatic rings. The summed E-state index contributed by atoms with van der Waals surface area (Å²) in [6, 6.07) is 7.60. The van der Waals surface area contributed by atoms with Gasteiger partial charge in [-0.3, -0.25) is 0 Å². The first kappa shape index (κ1) is 12.7. The summed E-state index contributed by atoms with van der Waals surface area (Å²) in [5.74, 6) is 1.91. The molecular weight excluding hydrogens is 246 g/mol. The summed E-state index contributed by atoms with van der Waals surface area (Å²) < 4.78 is 5.51. The molecule has 2 bridgehead atoms. The SMILES string of the molecule is COc1ccc2c(c1)[C@]13CCCC[C@H]1[C@@H](C2)N(C)CC3. The third-order valence-electron chi connectivity index (χ3n) is 6.32. The lowest BCUT2D eigenvalue weighted by molar-refractivity contribution is 0.00274. The van der Waals surface area contributed by atoms with Crippen LogP contribution in [0, 0.1) is 5.92 Å². The van der Waals surface area contributed by atoms with E-state index in [-0.39, 0.29) is 0 Å². The van der Waals surface area contributed by atoms with Gasteiger partial charge < -0.3 is 9.64 Å². The maximum absolute atomic E-state index is 5.51. The Morgan fingerprint density at radius 1 is 1.25 bits per heavy atom. The molecule has 1 saturated heterocycles. The molecule has 1 saturated carbocycles. The van der Waals surface area contributed by atoms with Gasteiger partial charge in [0.05, 0.1) is 7.11 Å². The zero-order chi connectivity index (χ0) is 13.7. The Balaban J connectivity index is 1.88.